The summed E-state index contributed by atoms with van der Waals surface area (Å²) in [6.07, 6.45) is 3.46. The molecule has 0 aliphatic carbocycles. The van der Waals surface area contributed by atoms with Crippen LogP contribution in [0, 0.1) is 0 Å². The molecule has 0 amide bonds. The molecule has 0 atom stereocenters. The first kappa shape index (κ1) is 13.4. The average molecular weight is 278 g/mol. The third kappa shape index (κ3) is 2.87. The lowest BCUT2D eigenvalue weighted by molar-refractivity contribution is 0.0694. The molecule has 1 aromatic heterocycles. The van der Waals surface area contributed by atoms with E-state index in [0.717, 1.165) is 10.7 Å². The fourth-order valence-corrected chi connectivity index (χ4v) is 2.33. The Bertz CT molecular complexity index is 597. The molecule has 0 saturated carbocycles. The normalized spacial score (nSPS) is 10.4. The number of rotatable bonds is 5. The molecule has 0 unspecified atom stereocenters. The van der Waals surface area contributed by atoms with Crippen molar-refractivity contribution < 1.29 is 9.90 Å². The Kier molecular flexibility index (Phi) is 4.06. The van der Waals surface area contributed by atoms with E-state index in [1.54, 1.807) is 23.0 Å². The molecule has 0 aliphatic heterocycles. The number of carboxylic acid groups (broad SMARTS) is 1. The van der Waals surface area contributed by atoms with Crippen LogP contribution in [0.3, 0.4) is 0 Å². The number of thioether (sulfide) groups is 1. The second-order valence-corrected chi connectivity index (χ2v) is 4.75. The van der Waals surface area contributed by atoms with E-state index in [9.17, 15) is 9.90 Å². The second-order valence-electron chi connectivity index (χ2n) is 3.90. The van der Waals surface area contributed by atoms with Crippen molar-refractivity contribution in [2.45, 2.75) is 11.4 Å². The molecule has 100 valence electrons. The summed E-state index contributed by atoms with van der Waals surface area (Å²) in [5, 5.41) is 20.1. The van der Waals surface area contributed by atoms with Crippen LogP contribution in [-0.4, -0.2) is 32.1 Å². The van der Waals surface area contributed by atoms with Crippen molar-refractivity contribution in [3.05, 3.63) is 35.9 Å². The van der Waals surface area contributed by atoms with Gasteiger partial charge in [-0.2, -0.15) is 0 Å². The molecular formula is C12H14N4O2S. The Morgan fingerprint density at radius 3 is 2.89 bits per heavy atom. The predicted octanol–water partition coefficient (Wildman–Crippen LogP) is 1.85. The lowest BCUT2D eigenvalue weighted by Crippen LogP contribution is -2.10. The Morgan fingerprint density at radius 1 is 1.53 bits per heavy atom. The minimum Gasteiger partial charge on any atom is -0.478 e. The van der Waals surface area contributed by atoms with Gasteiger partial charge in [0.25, 0.3) is 0 Å². The number of aromatic nitrogens is 3. The molecule has 7 heteroatoms. The number of carboxylic acids is 1. The molecule has 2 rings (SSSR count). The van der Waals surface area contributed by atoms with Crippen molar-refractivity contribution in [3.8, 4) is 0 Å². The summed E-state index contributed by atoms with van der Waals surface area (Å²) in [4.78, 5) is 12.1. The molecule has 2 N–H and O–H groups in total. The summed E-state index contributed by atoms with van der Waals surface area (Å²) in [5.41, 5.74) is 0.875. The largest absolute Gasteiger partial charge is 0.478 e. The number of benzene rings is 1. The van der Waals surface area contributed by atoms with Gasteiger partial charge in [-0.05, 0) is 18.4 Å². The number of carbonyl (C=O) groups is 1. The summed E-state index contributed by atoms with van der Waals surface area (Å²) in [5.74, 6) is -0.198. The highest BCUT2D eigenvalue weighted by atomic mass is 32.2. The van der Waals surface area contributed by atoms with Crippen LogP contribution in [0.15, 0.2) is 29.4 Å². The van der Waals surface area contributed by atoms with Gasteiger partial charge in [0.2, 0.25) is 0 Å². The summed E-state index contributed by atoms with van der Waals surface area (Å²) >= 11 is 1.41. The van der Waals surface area contributed by atoms with Crippen LogP contribution >= 0.6 is 11.8 Å². The molecule has 1 heterocycles. The molecule has 2 aromatic rings. The fourth-order valence-electron chi connectivity index (χ4n) is 1.71. The summed E-state index contributed by atoms with van der Waals surface area (Å²) < 4.78 is 1.78. The van der Waals surface area contributed by atoms with Crippen molar-refractivity contribution in [2.75, 3.05) is 11.6 Å². The van der Waals surface area contributed by atoms with Crippen LogP contribution in [0.1, 0.15) is 16.2 Å². The molecular weight excluding hydrogens is 264 g/mol. The van der Waals surface area contributed by atoms with Crippen LogP contribution in [0.5, 0.6) is 0 Å². The molecule has 6 nitrogen and oxygen atoms in total. The first-order chi connectivity index (χ1) is 9.13. The maximum atomic E-state index is 11.3. The van der Waals surface area contributed by atoms with E-state index in [1.165, 1.54) is 11.8 Å². The highest BCUT2D eigenvalue weighted by Crippen LogP contribution is 2.27. The average Bonchev–Trinajstić information content (AvgIpc) is 2.81. The zero-order chi connectivity index (χ0) is 13.8. The Hall–Kier alpha value is -2.02. The van der Waals surface area contributed by atoms with Crippen LogP contribution in [0.2, 0.25) is 0 Å². The van der Waals surface area contributed by atoms with Crippen LogP contribution in [-0.2, 0) is 13.6 Å². The molecule has 0 spiro atoms. The molecule has 0 radical (unpaired) electrons. The molecule has 0 fully saturated rings. The molecule has 1 aromatic carbocycles. The first-order valence-corrected chi connectivity index (χ1v) is 6.83. The number of aryl methyl sites for hydroxylation is 1. The SMILES string of the molecule is CSc1cccc(NCc2nncn2C)c1C(=O)O. The standard InChI is InChI=1S/C12H14N4O2S/c1-16-7-14-15-10(16)6-13-8-4-3-5-9(19-2)11(8)12(17)18/h3-5,7,13H,6H2,1-2H3,(H,17,18). The summed E-state index contributed by atoms with van der Waals surface area (Å²) in [7, 11) is 1.84. The number of hydrogen-bond acceptors (Lipinski definition) is 5. The van der Waals surface area contributed by atoms with Gasteiger partial charge in [0.1, 0.15) is 6.33 Å². The van der Waals surface area contributed by atoms with E-state index < -0.39 is 5.97 Å². The van der Waals surface area contributed by atoms with E-state index in [-0.39, 0.29) is 5.56 Å². The van der Waals surface area contributed by atoms with Crippen molar-refractivity contribution in [2.24, 2.45) is 7.05 Å². The van der Waals surface area contributed by atoms with E-state index in [2.05, 4.69) is 15.5 Å². The lowest BCUT2D eigenvalue weighted by atomic mass is 10.1. The first-order valence-electron chi connectivity index (χ1n) is 5.60. The summed E-state index contributed by atoms with van der Waals surface area (Å²) in [6, 6.07) is 5.37. The Morgan fingerprint density at radius 2 is 2.32 bits per heavy atom. The Balaban J connectivity index is 2.25. The van der Waals surface area contributed by atoms with Crippen LogP contribution in [0.4, 0.5) is 5.69 Å². The number of aromatic carboxylic acids is 1. The van der Waals surface area contributed by atoms with Crippen molar-refractivity contribution in [1.82, 2.24) is 14.8 Å². The van der Waals surface area contributed by atoms with Gasteiger partial charge >= 0.3 is 5.97 Å². The smallest absolute Gasteiger partial charge is 0.338 e. The van der Waals surface area contributed by atoms with E-state index in [0.29, 0.717) is 12.2 Å². The van der Waals surface area contributed by atoms with Crippen molar-refractivity contribution >= 4 is 23.4 Å². The second kappa shape index (κ2) is 5.75. The Labute approximate surface area is 114 Å². The van der Waals surface area contributed by atoms with E-state index >= 15 is 0 Å². The maximum Gasteiger partial charge on any atom is 0.338 e. The number of hydrogen-bond donors (Lipinski definition) is 2. The van der Waals surface area contributed by atoms with Gasteiger partial charge in [-0.1, -0.05) is 6.07 Å². The van der Waals surface area contributed by atoms with Crippen molar-refractivity contribution in [1.29, 1.82) is 0 Å². The summed E-state index contributed by atoms with van der Waals surface area (Å²) in [6.45, 7) is 0.425. The van der Waals surface area contributed by atoms with E-state index in [4.69, 9.17) is 0 Å². The highest BCUT2D eigenvalue weighted by molar-refractivity contribution is 7.98. The predicted molar refractivity (Wildman–Crippen MR) is 73.5 cm³/mol. The quantitative estimate of drug-likeness (QED) is 0.812. The van der Waals surface area contributed by atoms with Gasteiger partial charge in [-0.3, -0.25) is 0 Å². The van der Waals surface area contributed by atoms with Gasteiger partial charge in [-0.25, -0.2) is 4.79 Å². The molecule has 0 bridgehead atoms. The van der Waals surface area contributed by atoms with Gasteiger partial charge in [0.15, 0.2) is 5.82 Å². The van der Waals surface area contributed by atoms with Gasteiger partial charge < -0.3 is 15.0 Å². The third-order valence-corrected chi connectivity index (χ3v) is 3.48. The zero-order valence-corrected chi connectivity index (χ0v) is 11.4. The molecule has 0 saturated heterocycles. The molecule has 0 aliphatic rings. The minimum atomic E-state index is -0.939. The number of anilines is 1. The lowest BCUT2D eigenvalue weighted by Gasteiger charge is -2.11. The van der Waals surface area contributed by atoms with E-state index in [1.807, 2.05) is 19.4 Å². The van der Waals surface area contributed by atoms with Crippen LogP contribution < -0.4 is 5.32 Å². The highest BCUT2D eigenvalue weighted by Gasteiger charge is 2.15. The topological polar surface area (TPSA) is 80.0 Å². The minimum absolute atomic E-state index is 0.289. The van der Waals surface area contributed by atoms with Gasteiger partial charge in [0, 0.05) is 11.9 Å². The monoisotopic (exact) mass is 278 g/mol. The fraction of sp³-hybridized carbons (Fsp3) is 0.250. The third-order valence-electron chi connectivity index (χ3n) is 2.70. The number of nitrogens with zero attached hydrogens (tertiary/aromatic N) is 3. The van der Waals surface area contributed by atoms with Crippen LogP contribution in [0.25, 0.3) is 0 Å². The maximum absolute atomic E-state index is 11.3. The van der Waals surface area contributed by atoms with Crippen molar-refractivity contribution in [3.63, 3.8) is 0 Å². The number of nitrogens with one attached hydrogen (secondary N) is 1. The molecule has 19 heavy (non-hydrogen) atoms. The van der Waals surface area contributed by atoms with Gasteiger partial charge in [-0.15, -0.1) is 22.0 Å². The van der Waals surface area contributed by atoms with Gasteiger partial charge in [0.05, 0.1) is 17.8 Å². The zero-order valence-electron chi connectivity index (χ0n) is 10.6.